The average Bonchev–Trinajstić information content (AvgIpc) is 3.18. The van der Waals surface area contributed by atoms with Crippen molar-refractivity contribution in [1.29, 1.82) is 0 Å². The zero-order chi connectivity index (χ0) is 13.5. The number of nitrogens with two attached hydrogens (primary N) is 1. The summed E-state index contributed by atoms with van der Waals surface area (Å²) in [4.78, 5) is 6.82. The molecule has 1 heterocycles. The number of hydrogen-bond donors (Lipinski definition) is 1. The van der Waals surface area contributed by atoms with Crippen LogP contribution >= 0.6 is 0 Å². The van der Waals surface area contributed by atoms with E-state index < -0.39 is 0 Å². The van der Waals surface area contributed by atoms with Crippen molar-refractivity contribution in [2.24, 2.45) is 10.7 Å². The molecule has 1 saturated carbocycles. The van der Waals surface area contributed by atoms with E-state index in [1.807, 2.05) is 0 Å². The normalized spacial score (nSPS) is 26.6. The third-order valence-electron chi connectivity index (χ3n) is 4.35. The first kappa shape index (κ1) is 12.5. The predicted molar refractivity (Wildman–Crippen MR) is 79.1 cm³/mol. The standard InChI is InChI=1S/C16H23N3/c1-3-4-12-5-7-13(8-6-12)16(2)11-18-15(17)19(16)14-9-10-14/h5-8,14H,3-4,9-11H2,1-2H3,(H2,17,18). The summed E-state index contributed by atoms with van der Waals surface area (Å²) in [6.45, 7) is 5.27. The summed E-state index contributed by atoms with van der Waals surface area (Å²) in [7, 11) is 0. The molecule has 0 spiro atoms. The van der Waals surface area contributed by atoms with E-state index in [0.717, 1.165) is 18.9 Å². The lowest BCUT2D eigenvalue weighted by atomic mass is 9.90. The number of guanidine groups is 1. The first-order chi connectivity index (χ1) is 9.15. The Morgan fingerprint density at radius 3 is 2.58 bits per heavy atom. The summed E-state index contributed by atoms with van der Waals surface area (Å²) in [5.41, 5.74) is 8.79. The van der Waals surface area contributed by atoms with Gasteiger partial charge in [0.2, 0.25) is 0 Å². The van der Waals surface area contributed by atoms with E-state index in [2.05, 4.69) is 48.0 Å². The van der Waals surface area contributed by atoms with Crippen LogP contribution in [-0.2, 0) is 12.0 Å². The molecule has 0 saturated heterocycles. The van der Waals surface area contributed by atoms with Gasteiger partial charge in [0.15, 0.2) is 5.96 Å². The van der Waals surface area contributed by atoms with Crippen molar-refractivity contribution in [3.05, 3.63) is 35.4 Å². The molecule has 102 valence electrons. The molecule has 1 aliphatic heterocycles. The third-order valence-corrected chi connectivity index (χ3v) is 4.35. The number of nitrogens with zero attached hydrogens (tertiary/aromatic N) is 2. The molecule has 0 amide bonds. The molecule has 1 fully saturated rings. The highest BCUT2D eigenvalue weighted by atomic mass is 15.4. The van der Waals surface area contributed by atoms with Gasteiger partial charge in [-0.15, -0.1) is 0 Å². The number of hydrogen-bond acceptors (Lipinski definition) is 3. The highest BCUT2D eigenvalue weighted by Crippen LogP contribution is 2.41. The molecule has 2 N–H and O–H groups in total. The van der Waals surface area contributed by atoms with Gasteiger partial charge in [-0.2, -0.15) is 0 Å². The van der Waals surface area contributed by atoms with Gasteiger partial charge in [0.25, 0.3) is 0 Å². The number of benzene rings is 1. The van der Waals surface area contributed by atoms with Crippen LogP contribution in [0.3, 0.4) is 0 Å². The summed E-state index contributed by atoms with van der Waals surface area (Å²) in [6, 6.07) is 9.63. The minimum absolute atomic E-state index is 0.0456. The third kappa shape index (κ3) is 2.11. The maximum Gasteiger partial charge on any atom is 0.192 e. The second-order valence-electron chi connectivity index (χ2n) is 6.00. The summed E-state index contributed by atoms with van der Waals surface area (Å²) in [6.07, 6.45) is 4.85. The lowest BCUT2D eigenvalue weighted by Crippen LogP contribution is -2.48. The Hall–Kier alpha value is -1.51. The number of rotatable bonds is 4. The molecular formula is C16H23N3. The molecule has 0 aromatic heterocycles. The van der Waals surface area contributed by atoms with Gasteiger partial charge in [0.05, 0.1) is 12.1 Å². The Labute approximate surface area is 115 Å². The van der Waals surface area contributed by atoms with Crippen LogP contribution in [0.25, 0.3) is 0 Å². The Morgan fingerprint density at radius 1 is 1.32 bits per heavy atom. The summed E-state index contributed by atoms with van der Waals surface area (Å²) in [5, 5.41) is 0. The van der Waals surface area contributed by atoms with Crippen LogP contribution in [0.1, 0.15) is 44.2 Å². The molecule has 0 bridgehead atoms. The van der Waals surface area contributed by atoms with Crippen molar-refractivity contribution in [1.82, 2.24) is 4.90 Å². The molecule has 3 nitrogen and oxygen atoms in total. The van der Waals surface area contributed by atoms with E-state index in [4.69, 9.17) is 5.73 Å². The highest BCUT2D eigenvalue weighted by Gasteiger charge is 2.46. The van der Waals surface area contributed by atoms with Gasteiger partial charge in [-0.1, -0.05) is 37.6 Å². The Bertz CT molecular complexity index is 487. The molecule has 3 rings (SSSR count). The molecule has 1 aromatic carbocycles. The maximum atomic E-state index is 6.09. The van der Waals surface area contributed by atoms with Gasteiger partial charge >= 0.3 is 0 Å². The van der Waals surface area contributed by atoms with Gasteiger partial charge in [-0.25, -0.2) is 0 Å². The largest absolute Gasteiger partial charge is 0.370 e. The molecule has 1 aromatic rings. The van der Waals surface area contributed by atoms with Crippen LogP contribution in [0.15, 0.2) is 29.3 Å². The fourth-order valence-electron chi connectivity index (χ4n) is 3.11. The van der Waals surface area contributed by atoms with Crippen molar-refractivity contribution in [2.45, 2.75) is 51.1 Å². The van der Waals surface area contributed by atoms with Crippen LogP contribution in [0.5, 0.6) is 0 Å². The highest BCUT2D eigenvalue weighted by molar-refractivity contribution is 5.82. The molecule has 1 aliphatic carbocycles. The monoisotopic (exact) mass is 257 g/mol. The van der Waals surface area contributed by atoms with Crippen LogP contribution in [0.2, 0.25) is 0 Å². The first-order valence-electron chi connectivity index (χ1n) is 7.34. The van der Waals surface area contributed by atoms with Gasteiger partial charge < -0.3 is 10.6 Å². The molecule has 1 unspecified atom stereocenters. The van der Waals surface area contributed by atoms with Gasteiger partial charge in [-0.05, 0) is 37.3 Å². The minimum atomic E-state index is -0.0456. The number of aliphatic imine (C=N–C) groups is 1. The second kappa shape index (κ2) is 4.55. The van der Waals surface area contributed by atoms with E-state index in [-0.39, 0.29) is 5.54 Å². The summed E-state index contributed by atoms with van der Waals surface area (Å²) < 4.78 is 0. The van der Waals surface area contributed by atoms with Gasteiger partial charge in [0.1, 0.15) is 0 Å². The zero-order valence-corrected chi connectivity index (χ0v) is 11.9. The molecule has 3 heteroatoms. The Kier molecular flexibility index (Phi) is 3.00. The summed E-state index contributed by atoms with van der Waals surface area (Å²) in [5.74, 6) is 0.725. The van der Waals surface area contributed by atoms with E-state index in [1.54, 1.807) is 0 Å². The van der Waals surface area contributed by atoms with E-state index in [0.29, 0.717) is 6.04 Å². The molecule has 2 aliphatic rings. The second-order valence-corrected chi connectivity index (χ2v) is 6.00. The Morgan fingerprint density at radius 2 is 2.00 bits per heavy atom. The molecule has 1 atom stereocenters. The van der Waals surface area contributed by atoms with Crippen molar-refractivity contribution >= 4 is 5.96 Å². The fraction of sp³-hybridized carbons (Fsp3) is 0.562. The van der Waals surface area contributed by atoms with Crippen LogP contribution in [0.4, 0.5) is 0 Å². The number of aryl methyl sites for hydroxylation is 1. The van der Waals surface area contributed by atoms with Gasteiger partial charge in [-0.3, -0.25) is 4.99 Å². The van der Waals surface area contributed by atoms with Crippen LogP contribution in [0, 0.1) is 0 Å². The van der Waals surface area contributed by atoms with Crippen LogP contribution in [-0.4, -0.2) is 23.4 Å². The van der Waals surface area contributed by atoms with E-state index >= 15 is 0 Å². The van der Waals surface area contributed by atoms with Gasteiger partial charge in [0, 0.05) is 6.04 Å². The predicted octanol–water partition coefficient (Wildman–Crippen LogP) is 2.65. The van der Waals surface area contributed by atoms with Crippen molar-refractivity contribution in [3.63, 3.8) is 0 Å². The smallest absolute Gasteiger partial charge is 0.192 e. The van der Waals surface area contributed by atoms with Crippen molar-refractivity contribution < 1.29 is 0 Å². The van der Waals surface area contributed by atoms with Crippen molar-refractivity contribution in [2.75, 3.05) is 6.54 Å². The maximum absolute atomic E-state index is 6.09. The van der Waals surface area contributed by atoms with E-state index in [9.17, 15) is 0 Å². The van der Waals surface area contributed by atoms with E-state index in [1.165, 1.54) is 30.4 Å². The lowest BCUT2D eigenvalue weighted by molar-refractivity contribution is 0.216. The SMILES string of the molecule is CCCc1ccc(C2(C)CN=C(N)N2C2CC2)cc1. The minimum Gasteiger partial charge on any atom is -0.370 e. The molecular weight excluding hydrogens is 234 g/mol. The van der Waals surface area contributed by atoms with Crippen LogP contribution < -0.4 is 5.73 Å². The lowest BCUT2D eigenvalue weighted by Gasteiger charge is -2.37. The zero-order valence-electron chi connectivity index (χ0n) is 11.9. The average molecular weight is 257 g/mol. The molecule has 19 heavy (non-hydrogen) atoms. The quantitative estimate of drug-likeness (QED) is 0.901. The fourth-order valence-corrected chi connectivity index (χ4v) is 3.11. The topological polar surface area (TPSA) is 41.6 Å². The van der Waals surface area contributed by atoms with Crippen molar-refractivity contribution in [3.8, 4) is 0 Å². The molecule has 0 radical (unpaired) electrons. The summed E-state index contributed by atoms with van der Waals surface area (Å²) >= 11 is 0. The first-order valence-corrected chi connectivity index (χ1v) is 7.34. The Balaban J connectivity index is 1.87.